The van der Waals surface area contributed by atoms with E-state index < -0.39 is 31.0 Å². The standard InChI is InChI=1S/C6H8F5NO/c1-3(2-6(9,10)11)12-5(13)4(7)8/h3-4H,2H2,1H3,(H,12,13). The highest BCUT2D eigenvalue weighted by molar-refractivity contribution is 5.79. The lowest BCUT2D eigenvalue weighted by atomic mass is 10.2. The van der Waals surface area contributed by atoms with Crippen LogP contribution in [0, 0.1) is 0 Å². The Labute approximate surface area is 71.1 Å². The van der Waals surface area contributed by atoms with Crippen LogP contribution in [0.25, 0.3) is 0 Å². The van der Waals surface area contributed by atoms with E-state index in [-0.39, 0.29) is 0 Å². The quantitative estimate of drug-likeness (QED) is 0.698. The number of alkyl halides is 5. The summed E-state index contributed by atoms with van der Waals surface area (Å²) in [7, 11) is 0. The molecule has 1 N–H and O–H groups in total. The summed E-state index contributed by atoms with van der Waals surface area (Å²) in [6, 6.07) is -1.33. The second-order valence-electron chi connectivity index (χ2n) is 2.53. The number of hydrogen-bond acceptors (Lipinski definition) is 1. The maximum Gasteiger partial charge on any atom is 0.391 e. The van der Waals surface area contributed by atoms with Gasteiger partial charge in [0.05, 0.1) is 6.42 Å². The Kier molecular flexibility index (Phi) is 4.09. The maximum absolute atomic E-state index is 11.6. The first-order chi connectivity index (χ1) is 5.72. The van der Waals surface area contributed by atoms with Crippen LogP contribution in [0.15, 0.2) is 0 Å². The van der Waals surface area contributed by atoms with Crippen molar-refractivity contribution in [1.82, 2.24) is 5.32 Å². The molecular weight excluding hydrogens is 197 g/mol. The summed E-state index contributed by atoms with van der Waals surface area (Å²) in [5.41, 5.74) is 0. The van der Waals surface area contributed by atoms with Gasteiger partial charge < -0.3 is 5.32 Å². The molecule has 0 spiro atoms. The number of halogens is 5. The van der Waals surface area contributed by atoms with Crippen molar-refractivity contribution in [3.8, 4) is 0 Å². The fourth-order valence-electron chi connectivity index (χ4n) is 0.704. The van der Waals surface area contributed by atoms with E-state index in [9.17, 15) is 26.7 Å². The van der Waals surface area contributed by atoms with Gasteiger partial charge in [-0.1, -0.05) is 0 Å². The van der Waals surface area contributed by atoms with E-state index in [4.69, 9.17) is 0 Å². The van der Waals surface area contributed by atoms with Crippen LogP contribution >= 0.6 is 0 Å². The van der Waals surface area contributed by atoms with Crippen LogP contribution in [0.5, 0.6) is 0 Å². The number of nitrogens with one attached hydrogen (secondary N) is 1. The number of carbonyl (C=O) groups excluding carboxylic acids is 1. The molecule has 0 aromatic carbocycles. The molecule has 0 aromatic heterocycles. The molecule has 0 fully saturated rings. The molecule has 1 atom stereocenters. The van der Waals surface area contributed by atoms with Crippen molar-refractivity contribution in [3.05, 3.63) is 0 Å². The van der Waals surface area contributed by atoms with Gasteiger partial charge in [0.25, 0.3) is 5.91 Å². The summed E-state index contributed by atoms with van der Waals surface area (Å²) >= 11 is 0. The minimum Gasteiger partial charge on any atom is -0.348 e. The van der Waals surface area contributed by atoms with Crippen LogP contribution < -0.4 is 5.32 Å². The molecule has 0 saturated carbocycles. The minimum atomic E-state index is -4.46. The second-order valence-corrected chi connectivity index (χ2v) is 2.53. The van der Waals surface area contributed by atoms with Crippen molar-refractivity contribution in [2.75, 3.05) is 0 Å². The molecule has 0 radical (unpaired) electrons. The van der Waals surface area contributed by atoms with Gasteiger partial charge in [0.2, 0.25) is 0 Å². The Morgan fingerprint density at radius 1 is 1.38 bits per heavy atom. The van der Waals surface area contributed by atoms with Crippen molar-refractivity contribution in [3.63, 3.8) is 0 Å². The maximum atomic E-state index is 11.6. The van der Waals surface area contributed by atoms with Crippen molar-refractivity contribution < 1.29 is 26.7 Å². The third kappa shape index (κ3) is 6.30. The first-order valence-corrected chi connectivity index (χ1v) is 3.37. The van der Waals surface area contributed by atoms with Gasteiger partial charge in [-0.3, -0.25) is 4.79 Å². The first kappa shape index (κ1) is 12.1. The Morgan fingerprint density at radius 3 is 2.15 bits per heavy atom. The van der Waals surface area contributed by atoms with E-state index >= 15 is 0 Å². The minimum absolute atomic E-state index is 1.01. The fraction of sp³-hybridized carbons (Fsp3) is 0.833. The summed E-state index contributed by atoms with van der Waals surface area (Å²) in [4.78, 5) is 10.2. The Balaban J connectivity index is 3.88. The van der Waals surface area contributed by atoms with E-state index in [1.165, 1.54) is 5.32 Å². The molecule has 1 unspecified atom stereocenters. The Hall–Kier alpha value is -0.880. The molecule has 78 valence electrons. The van der Waals surface area contributed by atoms with Gasteiger partial charge in [0, 0.05) is 6.04 Å². The van der Waals surface area contributed by atoms with E-state index in [0.717, 1.165) is 6.92 Å². The molecule has 0 aliphatic carbocycles. The van der Waals surface area contributed by atoms with Crippen LogP contribution in [0.2, 0.25) is 0 Å². The summed E-state index contributed by atoms with van der Waals surface area (Å²) in [5, 5.41) is 1.53. The SMILES string of the molecule is CC(CC(F)(F)F)NC(=O)C(F)F. The zero-order chi connectivity index (χ0) is 10.6. The normalized spacial score (nSPS) is 14.4. The van der Waals surface area contributed by atoms with Crippen LogP contribution in [0.4, 0.5) is 22.0 Å². The van der Waals surface area contributed by atoms with Crippen molar-refractivity contribution in [1.29, 1.82) is 0 Å². The van der Waals surface area contributed by atoms with Crippen LogP contribution in [0.3, 0.4) is 0 Å². The molecular formula is C6H8F5NO. The first-order valence-electron chi connectivity index (χ1n) is 3.37. The van der Waals surface area contributed by atoms with Gasteiger partial charge in [-0.05, 0) is 6.92 Å². The smallest absolute Gasteiger partial charge is 0.348 e. The Bertz CT molecular complexity index is 178. The Morgan fingerprint density at radius 2 is 1.85 bits per heavy atom. The number of amides is 1. The van der Waals surface area contributed by atoms with Gasteiger partial charge in [0.1, 0.15) is 0 Å². The summed E-state index contributed by atoms with van der Waals surface area (Å²) < 4.78 is 57.9. The molecule has 2 nitrogen and oxygen atoms in total. The van der Waals surface area contributed by atoms with E-state index in [0.29, 0.717) is 0 Å². The highest BCUT2D eigenvalue weighted by Crippen LogP contribution is 2.21. The average Bonchev–Trinajstić information content (AvgIpc) is 1.81. The van der Waals surface area contributed by atoms with E-state index in [1.807, 2.05) is 0 Å². The van der Waals surface area contributed by atoms with Gasteiger partial charge in [-0.2, -0.15) is 22.0 Å². The summed E-state index contributed by atoms with van der Waals surface area (Å²) in [5.74, 6) is -1.68. The predicted molar refractivity (Wildman–Crippen MR) is 34.3 cm³/mol. The summed E-state index contributed by atoms with van der Waals surface area (Å²) in [6.07, 6.45) is -9.06. The summed E-state index contributed by atoms with van der Waals surface area (Å²) in [6.45, 7) is 1.01. The molecule has 0 heterocycles. The molecule has 0 aliphatic rings. The third-order valence-electron chi connectivity index (χ3n) is 1.12. The lowest BCUT2D eigenvalue weighted by molar-refractivity contribution is -0.144. The van der Waals surface area contributed by atoms with Gasteiger partial charge in [-0.15, -0.1) is 0 Å². The number of hydrogen-bond donors (Lipinski definition) is 1. The molecule has 0 bridgehead atoms. The molecule has 13 heavy (non-hydrogen) atoms. The zero-order valence-electron chi connectivity index (χ0n) is 6.66. The third-order valence-corrected chi connectivity index (χ3v) is 1.12. The fourth-order valence-corrected chi connectivity index (χ4v) is 0.704. The van der Waals surface area contributed by atoms with Crippen LogP contribution in [-0.4, -0.2) is 24.6 Å². The number of carbonyl (C=O) groups is 1. The number of rotatable bonds is 3. The molecule has 0 aromatic rings. The van der Waals surface area contributed by atoms with Crippen molar-refractivity contribution in [2.24, 2.45) is 0 Å². The van der Waals surface area contributed by atoms with Crippen molar-refractivity contribution >= 4 is 5.91 Å². The molecule has 0 rings (SSSR count). The average molecular weight is 205 g/mol. The lowest BCUT2D eigenvalue weighted by Crippen LogP contribution is -2.39. The molecule has 0 aliphatic heterocycles. The monoisotopic (exact) mass is 205 g/mol. The topological polar surface area (TPSA) is 29.1 Å². The van der Waals surface area contributed by atoms with Gasteiger partial charge >= 0.3 is 12.6 Å². The molecule has 7 heteroatoms. The lowest BCUT2D eigenvalue weighted by Gasteiger charge is -2.15. The van der Waals surface area contributed by atoms with E-state index in [1.54, 1.807) is 0 Å². The van der Waals surface area contributed by atoms with Crippen molar-refractivity contribution in [2.45, 2.75) is 32.0 Å². The zero-order valence-corrected chi connectivity index (χ0v) is 6.66. The van der Waals surface area contributed by atoms with E-state index in [2.05, 4.69) is 0 Å². The molecule has 0 saturated heterocycles. The van der Waals surface area contributed by atoms with Gasteiger partial charge in [-0.25, -0.2) is 0 Å². The second kappa shape index (κ2) is 4.38. The largest absolute Gasteiger partial charge is 0.391 e. The predicted octanol–water partition coefficient (Wildman–Crippen LogP) is 1.71. The van der Waals surface area contributed by atoms with Gasteiger partial charge in [0.15, 0.2) is 0 Å². The highest BCUT2D eigenvalue weighted by Gasteiger charge is 2.31. The van der Waals surface area contributed by atoms with Crippen LogP contribution in [-0.2, 0) is 4.79 Å². The van der Waals surface area contributed by atoms with Crippen LogP contribution in [0.1, 0.15) is 13.3 Å². The molecule has 1 amide bonds. The highest BCUT2D eigenvalue weighted by atomic mass is 19.4.